The van der Waals surface area contributed by atoms with Crippen molar-refractivity contribution in [3.05, 3.63) is 131 Å². The fourth-order valence-electron chi connectivity index (χ4n) is 5.52. The fraction of sp³-hybridized carbons (Fsp3) is 0.333. The second-order valence-corrected chi connectivity index (χ2v) is 13.2. The maximum Gasteiger partial charge on any atom is 0.160 e. The molecule has 3 aromatic carbocycles. The number of nitrogens with zero attached hydrogens (tertiary/aromatic N) is 4. The van der Waals surface area contributed by atoms with Crippen molar-refractivity contribution >= 4 is 33.8 Å². The summed E-state index contributed by atoms with van der Waals surface area (Å²) in [7, 11) is 0. The predicted molar refractivity (Wildman–Crippen MR) is 199 cm³/mol. The van der Waals surface area contributed by atoms with E-state index in [2.05, 4.69) is 104 Å². The smallest absolute Gasteiger partial charge is 0.160 e. The second-order valence-electron chi connectivity index (χ2n) is 13.2. The summed E-state index contributed by atoms with van der Waals surface area (Å²) in [6, 6.07) is 33.3. The molecule has 2 radical (unpaired) electrons. The molecule has 4 nitrogen and oxygen atoms in total. The molecule has 0 aliphatic carbocycles. The molecule has 2 aromatic heterocycles. The van der Waals surface area contributed by atoms with Gasteiger partial charge < -0.3 is 0 Å². The normalized spacial score (nSPS) is 11.8. The molecule has 0 spiro atoms. The van der Waals surface area contributed by atoms with Crippen LogP contribution in [-0.4, -0.2) is 21.4 Å². The molecule has 0 atom stereocenters. The summed E-state index contributed by atoms with van der Waals surface area (Å²) in [5, 5.41) is 1.00. The molecule has 5 rings (SSSR count). The van der Waals surface area contributed by atoms with Crippen LogP contribution in [0.25, 0.3) is 11.0 Å². The van der Waals surface area contributed by atoms with E-state index in [0.717, 1.165) is 39.6 Å². The largest absolute Gasteiger partial charge is 0.251 e. The van der Waals surface area contributed by atoms with Crippen LogP contribution in [0, 0.1) is 0 Å². The van der Waals surface area contributed by atoms with Crippen LogP contribution in [0.4, 0.5) is 11.4 Å². The Balaban J connectivity index is 0.000000901. The van der Waals surface area contributed by atoms with Gasteiger partial charge in [-0.1, -0.05) is 128 Å². The Labute approximate surface area is 309 Å². The second kappa shape index (κ2) is 18.9. The maximum absolute atomic E-state index is 5.15. The first-order valence-electron chi connectivity index (χ1n) is 16.6. The van der Waals surface area contributed by atoms with Crippen LogP contribution in [0.2, 0.25) is 0 Å². The number of rotatable bonds is 8. The SMILES string of the molecule is CC(=Nc1c(C(C)C)cccc1C(C)C)c1ccc2ccc(C(C)=Nc3c(C(C)C)cccc3C(C)C)nc2n1.[Co].[Co].c1ccccc1. The third-order valence-corrected chi connectivity index (χ3v) is 8.20. The zero-order valence-electron chi connectivity index (χ0n) is 30.0. The summed E-state index contributed by atoms with van der Waals surface area (Å²) in [6.45, 7) is 21.9. The molecule has 48 heavy (non-hydrogen) atoms. The molecule has 0 N–H and O–H groups in total. The van der Waals surface area contributed by atoms with Crippen molar-refractivity contribution in [3.8, 4) is 0 Å². The van der Waals surface area contributed by atoms with Gasteiger partial charge in [0.25, 0.3) is 0 Å². The van der Waals surface area contributed by atoms with Gasteiger partial charge in [-0.05, 0) is 84.0 Å². The van der Waals surface area contributed by atoms with Gasteiger partial charge >= 0.3 is 0 Å². The number of pyridine rings is 2. The monoisotopic (exact) mass is 728 g/mol. The molecule has 0 unspecified atom stereocenters. The summed E-state index contributed by atoms with van der Waals surface area (Å²) in [5.74, 6) is 1.55. The Kier molecular flexibility index (Phi) is 16.1. The first-order valence-corrected chi connectivity index (χ1v) is 16.6. The van der Waals surface area contributed by atoms with Gasteiger partial charge in [-0.2, -0.15) is 0 Å². The average molecular weight is 729 g/mol. The van der Waals surface area contributed by atoms with E-state index >= 15 is 0 Å². The van der Waals surface area contributed by atoms with Gasteiger partial charge in [0, 0.05) is 38.9 Å². The number of aromatic nitrogens is 2. The van der Waals surface area contributed by atoms with E-state index in [9.17, 15) is 0 Å². The van der Waals surface area contributed by atoms with Crippen molar-refractivity contribution in [2.75, 3.05) is 0 Å². The van der Waals surface area contributed by atoms with Crippen LogP contribution in [0.5, 0.6) is 0 Å². The predicted octanol–water partition coefficient (Wildman–Crippen LogP) is 12.1. The number of benzene rings is 3. The number of aliphatic imine (C=N–C) groups is 2. The third-order valence-electron chi connectivity index (χ3n) is 8.20. The number of hydrogen-bond acceptors (Lipinski definition) is 4. The average Bonchev–Trinajstić information content (AvgIpc) is 3.05. The van der Waals surface area contributed by atoms with Gasteiger partial charge in [-0.15, -0.1) is 0 Å². The fourth-order valence-corrected chi connectivity index (χ4v) is 5.52. The molecule has 6 heteroatoms. The first kappa shape index (κ1) is 40.7. The van der Waals surface area contributed by atoms with Crippen molar-refractivity contribution in [1.29, 1.82) is 0 Å². The summed E-state index contributed by atoms with van der Waals surface area (Å²) >= 11 is 0. The van der Waals surface area contributed by atoms with Crippen molar-refractivity contribution in [2.45, 2.75) is 92.9 Å². The first-order chi connectivity index (χ1) is 22.0. The molecule has 5 aromatic rings. The van der Waals surface area contributed by atoms with E-state index in [4.69, 9.17) is 20.0 Å². The topological polar surface area (TPSA) is 50.5 Å². The van der Waals surface area contributed by atoms with E-state index in [1.807, 2.05) is 62.4 Å². The van der Waals surface area contributed by atoms with E-state index in [1.165, 1.54) is 22.3 Å². The number of fused-ring (bicyclic) bond motifs is 1. The number of para-hydroxylation sites is 2. The molecule has 0 fully saturated rings. The Bertz CT molecular complexity index is 1630. The number of hydrogen-bond donors (Lipinski definition) is 0. The van der Waals surface area contributed by atoms with E-state index in [0.29, 0.717) is 29.3 Å². The quantitative estimate of drug-likeness (QED) is 0.149. The van der Waals surface area contributed by atoms with Gasteiger partial charge in [0.2, 0.25) is 0 Å². The molecule has 0 bridgehead atoms. The van der Waals surface area contributed by atoms with Gasteiger partial charge in [-0.3, -0.25) is 9.98 Å². The molecule has 0 amide bonds. The molecule has 0 saturated heterocycles. The van der Waals surface area contributed by atoms with Crippen molar-refractivity contribution in [2.24, 2.45) is 9.98 Å². The molecule has 0 aliphatic heterocycles. The van der Waals surface area contributed by atoms with Crippen LogP contribution in [0.3, 0.4) is 0 Å². The van der Waals surface area contributed by atoms with Gasteiger partial charge in [0.1, 0.15) is 0 Å². The van der Waals surface area contributed by atoms with Gasteiger partial charge in [0.15, 0.2) is 5.65 Å². The minimum Gasteiger partial charge on any atom is -0.251 e. The van der Waals surface area contributed by atoms with Crippen LogP contribution in [-0.2, 0) is 33.6 Å². The molecule has 2 heterocycles. The van der Waals surface area contributed by atoms with Crippen molar-refractivity contribution in [3.63, 3.8) is 0 Å². The minimum absolute atomic E-state index is 0. The van der Waals surface area contributed by atoms with Crippen molar-refractivity contribution in [1.82, 2.24) is 9.97 Å². The molecular formula is C42H50Co2N4. The summed E-state index contributed by atoms with van der Waals surface area (Å²) < 4.78 is 0. The molecule has 0 aliphatic rings. The minimum atomic E-state index is 0. The standard InChI is InChI=1S/C36H44N4.C6H6.2Co/c1-21(2)28-13-11-14-29(22(3)4)34(28)37-25(9)32-19-17-27-18-20-33(40-36(27)39-32)26(10)38-35-30(23(5)6)15-12-16-31(35)24(7)8;1-2-4-6-5-3-1;;/h11-24H,1-10H3;1-6H;;. The molecule has 0 saturated carbocycles. The Morgan fingerprint density at radius 1 is 0.438 bits per heavy atom. The van der Waals surface area contributed by atoms with Crippen LogP contribution >= 0.6 is 0 Å². The summed E-state index contributed by atoms with van der Waals surface area (Å²) in [4.78, 5) is 20.2. The zero-order chi connectivity index (χ0) is 33.4. The molecular weight excluding hydrogens is 678 g/mol. The van der Waals surface area contributed by atoms with Crippen LogP contribution < -0.4 is 0 Å². The van der Waals surface area contributed by atoms with Crippen LogP contribution in [0.15, 0.2) is 107 Å². The molecule has 256 valence electrons. The maximum atomic E-state index is 5.15. The Hall–Kier alpha value is -3.43. The van der Waals surface area contributed by atoms with Crippen molar-refractivity contribution < 1.29 is 33.6 Å². The summed E-state index contributed by atoms with van der Waals surface area (Å²) in [5.41, 5.74) is 11.4. The van der Waals surface area contributed by atoms with E-state index < -0.39 is 0 Å². The third kappa shape index (κ3) is 10.3. The van der Waals surface area contributed by atoms with E-state index in [1.54, 1.807) is 0 Å². The van der Waals surface area contributed by atoms with Crippen LogP contribution in [0.1, 0.15) is 127 Å². The Morgan fingerprint density at radius 3 is 1.00 bits per heavy atom. The van der Waals surface area contributed by atoms with Gasteiger partial charge in [0.05, 0.1) is 34.2 Å². The Morgan fingerprint density at radius 2 is 0.729 bits per heavy atom. The van der Waals surface area contributed by atoms with E-state index in [-0.39, 0.29) is 33.6 Å². The summed E-state index contributed by atoms with van der Waals surface area (Å²) in [6.07, 6.45) is 0. The zero-order valence-corrected chi connectivity index (χ0v) is 32.1. The van der Waals surface area contributed by atoms with Gasteiger partial charge in [-0.25, -0.2) is 9.97 Å².